The molecule has 1 aromatic carbocycles. The third-order valence-corrected chi connectivity index (χ3v) is 3.57. The SMILES string of the molecule is Cc1nc(C)c(C(=O)NC(C)c2ccccc2)cc1CO. The molecule has 0 fully saturated rings. The van der Waals surface area contributed by atoms with Crippen LogP contribution in [0.3, 0.4) is 0 Å². The smallest absolute Gasteiger partial charge is 0.253 e. The lowest BCUT2D eigenvalue weighted by atomic mass is 10.1. The van der Waals surface area contributed by atoms with Gasteiger partial charge in [-0.2, -0.15) is 0 Å². The molecule has 0 saturated heterocycles. The van der Waals surface area contributed by atoms with E-state index >= 15 is 0 Å². The van der Waals surface area contributed by atoms with E-state index in [-0.39, 0.29) is 18.6 Å². The van der Waals surface area contributed by atoms with Crippen molar-refractivity contribution in [1.29, 1.82) is 0 Å². The van der Waals surface area contributed by atoms with E-state index in [1.54, 1.807) is 13.0 Å². The maximum Gasteiger partial charge on any atom is 0.253 e. The Morgan fingerprint density at radius 3 is 2.52 bits per heavy atom. The molecule has 4 nitrogen and oxygen atoms in total. The largest absolute Gasteiger partial charge is 0.392 e. The van der Waals surface area contributed by atoms with Crippen molar-refractivity contribution < 1.29 is 9.90 Å². The number of benzene rings is 1. The fraction of sp³-hybridized carbons (Fsp3) is 0.294. The first-order valence-corrected chi connectivity index (χ1v) is 6.96. The summed E-state index contributed by atoms with van der Waals surface area (Å²) in [5.41, 5.74) is 3.65. The van der Waals surface area contributed by atoms with Gasteiger partial charge in [-0.05, 0) is 38.0 Å². The Labute approximate surface area is 124 Å². The molecule has 1 aromatic heterocycles. The van der Waals surface area contributed by atoms with Gasteiger partial charge in [0.1, 0.15) is 0 Å². The quantitative estimate of drug-likeness (QED) is 0.907. The summed E-state index contributed by atoms with van der Waals surface area (Å²) >= 11 is 0. The van der Waals surface area contributed by atoms with Crippen LogP contribution in [0.25, 0.3) is 0 Å². The third kappa shape index (κ3) is 3.47. The molecule has 0 aliphatic carbocycles. The van der Waals surface area contributed by atoms with Gasteiger partial charge in [0.15, 0.2) is 0 Å². The Hall–Kier alpha value is -2.20. The molecule has 2 N–H and O–H groups in total. The maximum absolute atomic E-state index is 12.4. The van der Waals surface area contributed by atoms with Crippen molar-refractivity contribution in [3.63, 3.8) is 0 Å². The van der Waals surface area contributed by atoms with Gasteiger partial charge >= 0.3 is 0 Å². The fourth-order valence-electron chi connectivity index (χ4n) is 2.26. The Balaban J connectivity index is 2.21. The topological polar surface area (TPSA) is 62.2 Å². The second-order valence-corrected chi connectivity index (χ2v) is 5.13. The molecule has 0 radical (unpaired) electrons. The number of carbonyl (C=O) groups is 1. The van der Waals surface area contributed by atoms with E-state index in [9.17, 15) is 9.90 Å². The maximum atomic E-state index is 12.4. The minimum Gasteiger partial charge on any atom is -0.392 e. The van der Waals surface area contributed by atoms with Crippen molar-refractivity contribution in [2.45, 2.75) is 33.4 Å². The van der Waals surface area contributed by atoms with Gasteiger partial charge in [0.25, 0.3) is 5.91 Å². The number of aliphatic hydroxyl groups excluding tert-OH is 1. The molecular formula is C17H20N2O2. The minimum atomic E-state index is -0.175. The minimum absolute atomic E-state index is 0.0861. The van der Waals surface area contributed by atoms with Crippen LogP contribution in [0.5, 0.6) is 0 Å². The number of nitrogens with zero attached hydrogens (tertiary/aromatic N) is 1. The van der Waals surface area contributed by atoms with Gasteiger partial charge in [0.2, 0.25) is 0 Å². The van der Waals surface area contributed by atoms with Gasteiger partial charge in [0.05, 0.1) is 23.9 Å². The molecule has 0 saturated carbocycles. The van der Waals surface area contributed by atoms with Crippen LogP contribution in [-0.2, 0) is 6.61 Å². The number of amides is 1. The number of aryl methyl sites for hydroxylation is 2. The van der Waals surface area contributed by atoms with Crippen LogP contribution in [0.4, 0.5) is 0 Å². The van der Waals surface area contributed by atoms with E-state index in [1.807, 2.05) is 44.2 Å². The lowest BCUT2D eigenvalue weighted by Gasteiger charge is -2.16. The van der Waals surface area contributed by atoms with Gasteiger partial charge < -0.3 is 10.4 Å². The van der Waals surface area contributed by atoms with E-state index < -0.39 is 0 Å². The summed E-state index contributed by atoms with van der Waals surface area (Å²) in [6.45, 7) is 5.45. The summed E-state index contributed by atoms with van der Waals surface area (Å²) in [5, 5.41) is 12.3. The summed E-state index contributed by atoms with van der Waals surface area (Å²) in [6.07, 6.45) is 0. The highest BCUT2D eigenvalue weighted by molar-refractivity contribution is 5.95. The predicted octanol–water partition coefficient (Wildman–Crippen LogP) is 2.68. The summed E-state index contributed by atoms with van der Waals surface area (Å²) < 4.78 is 0. The standard InChI is InChI=1S/C17H20N2O2/c1-11(14-7-5-4-6-8-14)19-17(21)16-9-15(10-20)12(2)18-13(16)3/h4-9,11,20H,10H2,1-3H3,(H,19,21). The molecule has 21 heavy (non-hydrogen) atoms. The first kappa shape index (κ1) is 15.2. The highest BCUT2D eigenvalue weighted by Gasteiger charge is 2.15. The Kier molecular flexibility index (Phi) is 4.70. The number of aliphatic hydroxyl groups is 1. The van der Waals surface area contributed by atoms with Crippen LogP contribution in [0, 0.1) is 13.8 Å². The highest BCUT2D eigenvalue weighted by atomic mass is 16.3. The predicted molar refractivity (Wildman–Crippen MR) is 82.0 cm³/mol. The normalized spacial score (nSPS) is 12.0. The third-order valence-electron chi connectivity index (χ3n) is 3.57. The molecule has 1 amide bonds. The second-order valence-electron chi connectivity index (χ2n) is 5.13. The first-order chi connectivity index (χ1) is 10.0. The zero-order valence-corrected chi connectivity index (χ0v) is 12.6. The van der Waals surface area contributed by atoms with Crippen LogP contribution in [0.15, 0.2) is 36.4 Å². The number of nitrogens with one attached hydrogen (secondary N) is 1. The van der Waals surface area contributed by atoms with Crippen molar-refractivity contribution in [2.75, 3.05) is 0 Å². The van der Waals surface area contributed by atoms with E-state index in [1.165, 1.54) is 0 Å². The summed E-state index contributed by atoms with van der Waals surface area (Å²) in [6, 6.07) is 11.4. The molecule has 2 rings (SSSR count). The average Bonchev–Trinajstić information content (AvgIpc) is 2.48. The van der Waals surface area contributed by atoms with Crippen molar-refractivity contribution in [1.82, 2.24) is 10.3 Å². The van der Waals surface area contributed by atoms with Crippen LogP contribution < -0.4 is 5.32 Å². The van der Waals surface area contributed by atoms with Crippen molar-refractivity contribution in [3.8, 4) is 0 Å². The molecule has 1 unspecified atom stereocenters. The second kappa shape index (κ2) is 6.50. The zero-order chi connectivity index (χ0) is 15.4. The first-order valence-electron chi connectivity index (χ1n) is 6.96. The van der Waals surface area contributed by atoms with Gasteiger partial charge in [-0.25, -0.2) is 0 Å². The number of pyridine rings is 1. The Morgan fingerprint density at radius 1 is 1.24 bits per heavy atom. The summed E-state index contributed by atoms with van der Waals surface area (Å²) in [5.74, 6) is -0.175. The van der Waals surface area contributed by atoms with Gasteiger partial charge in [-0.1, -0.05) is 30.3 Å². The Morgan fingerprint density at radius 2 is 1.90 bits per heavy atom. The van der Waals surface area contributed by atoms with Crippen LogP contribution in [-0.4, -0.2) is 16.0 Å². The monoisotopic (exact) mass is 284 g/mol. The summed E-state index contributed by atoms with van der Waals surface area (Å²) in [7, 11) is 0. The van der Waals surface area contributed by atoms with Crippen LogP contribution in [0.2, 0.25) is 0 Å². The van der Waals surface area contributed by atoms with E-state index in [0.717, 1.165) is 11.3 Å². The number of aromatic nitrogens is 1. The molecule has 0 aliphatic heterocycles. The molecule has 4 heteroatoms. The fourth-order valence-corrected chi connectivity index (χ4v) is 2.26. The highest BCUT2D eigenvalue weighted by Crippen LogP contribution is 2.16. The molecule has 110 valence electrons. The molecule has 2 aromatic rings. The van der Waals surface area contributed by atoms with Crippen molar-refractivity contribution in [3.05, 3.63) is 64.5 Å². The lowest BCUT2D eigenvalue weighted by molar-refractivity contribution is 0.0938. The zero-order valence-electron chi connectivity index (χ0n) is 12.6. The Bertz CT molecular complexity index is 639. The van der Waals surface area contributed by atoms with Gasteiger partial charge in [-0.15, -0.1) is 0 Å². The number of hydrogen-bond acceptors (Lipinski definition) is 3. The number of carbonyl (C=O) groups excluding carboxylic acids is 1. The lowest BCUT2D eigenvalue weighted by Crippen LogP contribution is -2.27. The molecular weight excluding hydrogens is 264 g/mol. The average molecular weight is 284 g/mol. The van der Waals surface area contributed by atoms with E-state index in [0.29, 0.717) is 16.8 Å². The van der Waals surface area contributed by atoms with Crippen molar-refractivity contribution in [2.24, 2.45) is 0 Å². The summed E-state index contributed by atoms with van der Waals surface area (Å²) in [4.78, 5) is 16.7. The van der Waals surface area contributed by atoms with E-state index in [2.05, 4.69) is 10.3 Å². The molecule has 0 aliphatic rings. The number of hydrogen-bond donors (Lipinski definition) is 2. The number of rotatable bonds is 4. The van der Waals surface area contributed by atoms with Crippen LogP contribution in [0.1, 0.15) is 45.8 Å². The molecule has 1 heterocycles. The molecule has 1 atom stereocenters. The van der Waals surface area contributed by atoms with E-state index in [4.69, 9.17) is 0 Å². The molecule has 0 spiro atoms. The molecule has 0 bridgehead atoms. The van der Waals surface area contributed by atoms with Crippen molar-refractivity contribution >= 4 is 5.91 Å². The van der Waals surface area contributed by atoms with Crippen LogP contribution >= 0.6 is 0 Å². The van der Waals surface area contributed by atoms with Gasteiger partial charge in [0, 0.05) is 5.69 Å². The van der Waals surface area contributed by atoms with Gasteiger partial charge in [-0.3, -0.25) is 9.78 Å².